The third-order valence-corrected chi connectivity index (χ3v) is 2.28. The van der Waals surface area contributed by atoms with E-state index in [9.17, 15) is 9.59 Å². The predicted molar refractivity (Wildman–Crippen MR) is 63.0 cm³/mol. The van der Waals surface area contributed by atoms with Crippen LogP contribution in [0.5, 0.6) is 0 Å². The number of carbonyl (C=O) groups is 2. The van der Waals surface area contributed by atoms with Crippen LogP contribution in [0, 0.1) is 0 Å². The van der Waals surface area contributed by atoms with Crippen LogP contribution in [-0.4, -0.2) is 24.5 Å². The maximum absolute atomic E-state index is 11.4. The van der Waals surface area contributed by atoms with Crippen molar-refractivity contribution in [3.8, 4) is 0 Å². The van der Waals surface area contributed by atoms with E-state index in [1.54, 1.807) is 13.8 Å². The summed E-state index contributed by atoms with van der Waals surface area (Å²) in [4.78, 5) is 22.6. The number of ether oxygens (including phenoxy) is 1. The molecule has 0 aromatic rings. The van der Waals surface area contributed by atoms with Gasteiger partial charge in [0.2, 0.25) is 5.91 Å². The zero-order chi connectivity index (χ0) is 12.4. The maximum atomic E-state index is 11.4. The SMILES string of the molecule is CCCCCCC(=O)N[C@@H](C)C(=O)OCC. The number of hydrogen-bond donors (Lipinski definition) is 1. The zero-order valence-electron chi connectivity index (χ0n) is 10.5. The lowest BCUT2D eigenvalue weighted by atomic mass is 10.1. The van der Waals surface area contributed by atoms with Crippen LogP contribution >= 0.6 is 0 Å². The average molecular weight is 229 g/mol. The van der Waals surface area contributed by atoms with E-state index in [0.717, 1.165) is 25.7 Å². The van der Waals surface area contributed by atoms with Crippen LogP contribution in [0.2, 0.25) is 0 Å². The molecular formula is C12H23NO3. The highest BCUT2D eigenvalue weighted by molar-refractivity contribution is 5.84. The van der Waals surface area contributed by atoms with Crippen LogP contribution in [0.4, 0.5) is 0 Å². The molecule has 0 fully saturated rings. The van der Waals surface area contributed by atoms with Crippen LogP contribution in [0.15, 0.2) is 0 Å². The number of esters is 1. The van der Waals surface area contributed by atoms with Crippen molar-refractivity contribution in [2.24, 2.45) is 0 Å². The van der Waals surface area contributed by atoms with E-state index in [-0.39, 0.29) is 11.9 Å². The third kappa shape index (κ3) is 7.26. The Balaban J connectivity index is 3.65. The second kappa shape index (κ2) is 9.19. The van der Waals surface area contributed by atoms with E-state index in [4.69, 9.17) is 4.74 Å². The number of carbonyl (C=O) groups excluding carboxylic acids is 2. The van der Waals surface area contributed by atoms with Crippen LogP contribution in [0.1, 0.15) is 52.9 Å². The van der Waals surface area contributed by atoms with Gasteiger partial charge in [0.05, 0.1) is 6.61 Å². The number of rotatable bonds is 8. The largest absolute Gasteiger partial charge is 0.464 e. The van der Waals surface area contributed by atoms with Crippen molar-refractivity contribution >= 4 is 11.9 Å². The van der Waals surface area contributed by atoms with Gasteiger partial charge in [0.1, 0.15) is 6.04 Å². The van der Waals surface area contributed by atoms with Gasteiger partial charge in [-0.25, -0.2) is 4.79 Å². The molecule has 16 heavy (non-hydrogen) atoms. The highest BCUT2D eigenvalue weighted by Crippen LogP contribution is 2.02. The summed E-state index contributed by atoms with van der Waals surface area (Å²) in [5.74, 6) is -0.443. The van der Waals surface area contributed by atoms with Crippen LogP contribution in [0.25, 0.3) is 0 Å². The molecule has 0 aliphatic carbocycles. The molecular weight excluding hydrogens is 206 g/mol. The first-order valence-corrected chi connectivity index (χ1v) is 6.07. The Hall–Kier alpha value is -1.06. The summed E-state index contributed by atoms with van der Waals surface area (Å²) >= 11 is 0. The first kappa shape index (κ1) is 14.9. The molecule has 1 atom stereocenters. The van der Waals surface area contributed by atoms with Gasteiger partial charge in [-0.1, -0.05) is 26.2 Å². The van der Waals surface area contributed by atoms with Crippen molar-refractivity contribution in [2.45, 2.75) is 58.9 Å². The molecule has 4 heteroatoms. The fourth-order valence-electron chi connectivity index (χ4n) is 1.35. The molecule has 0 aromatic carbocycles. The van der Waals surface area contributed by atoms with E-state index in [2.05, 4.69) is 12.2 Å². The second-order valence-corrected chi connectivity index (χ2v) is 3.85. The Morgan fingerprint density at radius 1 is 1.19 bits per heavy atom. The smallest absolute Gasteiger partial charge is 0.328 e. The van der Waals surface area contributed by atoms with Crippen LogP contribution in [-0.2, 0) is 14.3 Å². The van der Waals surface area contributed by atoms with Crippen LogP contribution < -0.4 is 5.32 Å². The number of amides is 1. The molecule has 1 N–H and O–H groups in total. The van der Waals surface area contributed by atoms with Gasteiger partial charge in [-0.05, 0) is 20.3 Å². The minimum absolute atomic E-state index is 0.0725. The van der Waals surface area contributed by atoms with Gasteiger partial charge in [-0.2, -0.15) is 0 Å². The molecule has 0 rings (SSSR count). The molecule has 94 valence electrons. The predicted octanol–water partition coefficient (Wildman–Crippen LogP) is 2.02. The Labute approximate surface area is 97.7 Å². The van der Waals surface area contributed by atoms with Crippen molar-refractivity contribution in [3.05, 3.63) is 0 Å². The summed E-state index contributed by atoms with van der Waals surface area (Å²) in [5.41, 5.74) is 0. The molecule has 0 aliphatic rings. The second-order valence-electron chi connectivity index (χ2n) is 3.85. The third-order valence-electron chi connectivity index (χ3n) is 2.28. The van der Waals surface area contributed by atoms with E-state index in [1.165, 1.54) is 0 Å². The van der Waals surface area contributed by atoms with Gasteiger partial charge in [-0.15, -0.1) is 0 Å². The molecule has 0 spiro atoms. The fraction of sp³-hybridized carbons (Fsp3) is 0.833. The molecule has 0 bridgehead atoms. The quantitative estimate of drug-likeness (QED) is 0.512. The lowest BCUT2D eigenvalue weighted by Gasteiger charge is -2.12. The molecule has 0 aromatic heterocycles. The van der Waals surface area contributed by atoms with Crippen LogP contribution in [0.3, 0.4) is 0 Å². The normalized spacial score (nSPS) is 11.9. The van der Waals surface area contributed by atoms with E-state index < -0.39 is 6.04 Å². The van der Waals surface area contributed by atoms with Crippen molar-refractivity contribution < 1.29 is 14.3 Å². The standard InChI is InChI=1S/C12H23NO3/c1-4-6-7-8-9-11(14)13-10(3)12(15)16-5-2/h10H,4-9H2,1-3H3,(H,13,14)/t10-/m0/s1. The summed E-state index contributed by atoms with van der Waals surface area (Å²) < 4.78 is 4.79. The van der Waals surface area contributed by atoms with Gasteiger partial charge in [0.25, 0.3) is 0 Å². The van der Waals surface area contributed by atoms with Gasteiger partial charge in [-0.3, -0.25) is 4.79 Å². The van der Waals surface area contributed by atoms with Gasteiger partial charge >= 0.3 is 5.97 Å². The Morgan fingerprint density at radius 3 is 2.44 bits per heavy atom. The molecule has 0 saturated carbocycles. The van der Waals surface area contributed by atoms with Crippen molar-refractivity contribution in [1.82, 2.24) is 5.32 Å². The van der Waals surface area contributed by atoms with E-state index in [0.29, 0.717) is 13.0 Å². The van der Waals surface area contributed by atoms with Crippen molar-refractivity contribution in [3.63, 3.8) is 0 Å². The first-order valence-electron chi connectivity index (χ1n) is 6.07. The summed E-state index contributed by atoms with van der Waals surface area (Å²) in [7, 11) is 0. The number of unbranched alkanes of at least 4 members (excludes halogenated alkanes) is 3. The highest BCUT2D eigenvalue weighted by Gasteiger charge is 2.15. The zero-order valence-corrected chi connectivity index (χ0v) is 10.5. The van der Waals surface area contributed by atoms with Gasteiger partial charge < -0.3 is 10.1 Å². The van der Waals surface area contributed by atoms with E-state index in [1.807, 2.05) is 0 Å². The molecule has 0 aliphatic heterocycles. The molecule has 0 saturated heterocycles. The summed E-state index contributed by atoms with van der Waals surface area (Å²) in [6.07, 6.45) is 4.75. The highest BCUT2D eigenvalue weighted by atomic mass is 16.5. The first-order chi connectivity index (χ1) is 7.61. The van der Waals surface area contributed by atoms with E-state index >= 15 is 0 Å². The summed E-state index contributed by atoms with van der Waals surface area (Å²) in [5, 5.41) is 2.63. The molecule has 4 nitrogen and oxygen atoms in total. The molecule has 1 amide bonds. The number of nitrogens with one attached hydrogen (secondary N) is 1. The molecule has 0 radical (unpaired) electrons. The van der Waals surface area contributed by atoms with Gasteiger partial charge in [0, 0.05) is 6.42 Å². The summed E-state index contributed by atoms with van der Waals surface area (Å²) in [6, 6.07) is -0.543. The lowest BCUT2D eigenvalue weighted by Crippen LogP contribution is -2.39. The summed E-state index contributed by atoms with van der Waals surface area (Å²) in [6.45, 7) is 5.86. The molecule has 0 unspecified atom stereocenters. The van der Waals surface area contributed by atoms with Gasteiger partial charge in [0.15, 0.2) is 0 Å². The minimum atomic E-state index is -0.543. The molecule has 0 heterocycles. The average Bonchev–Trinajstić information content (AvgIpc) is 2.24. The minimum Gasteiger partial charge on any atom is -0.464 e. The monoisotopic (exact) mass is 229 g/mol. The number of hydrogen-bond acceptors (Lipinski definition) is 3. The topological polar surface area (TPSA) is 55.4 Å². The maximum Gasteiger partial charge on any atom is 0.328 e. The fourth-order valence-corrected chi connectivity index (χ4v) is 1.35. The lowest BCUT2D eigenvalue weighted by molar-refractivity contribution is -0.146. The van der Waals surface area contributed by atoms with Crippen molar-refractivity contribution in [1.29, 1.82) is 0 Å². The Kier molecular flexibility index (Phi) is 8.58. The Bertz CT molecular complexity index is 216. The van der Waals surface area contributed by atoms with Crippen molar-refractivity contribution in [2.75, 3.05) is 6.61 Å². The Morgan fingerprint density at radius 2 is 1.88 bits per heavy atom.